The van der Waals surface area contributed by atoms with Crippen LogP contribution in [-0.4, -0.2) is 17.8 Å². The van der Waals surface area contributed by atoms with Crippen molar-refractivity contribution in [2.24, 2.45) is 11.3 Å². The Kier molecular flexibility index (Phi) is 5.50. The van der Waals surface area contributed by atoms with Gasteiger partial charge in [-0.1, -0.05) is 27.7 Å². The number of carbonyl (C=O) groups is 1. The van der Waals surface area contributed by atoms with E-state index in [9.17, 15) is 4.79 Å². The summed E-state index contributed by atoms with van der Waals surface area (Å²) in [4.78, 5) is 11.5. The minimum atomic E-state index is 0.0661. The Morgan fingerprint density at radius 2 is 1.86 bits per heavy atom. The van der Waals surface area contributed by atoms with Crippen molar-refractivity contribution in [3.05, 3.63) is 0 Å². The van der Waals surface area contributed by atoms with Crippen LogP contribution in [0.4, 0.5) is 0 Å². The highest BCUT2D eigenvalue weighted by molar-refractivity contribution is 6.18. The van der Waals surface area contributed by atoms with Gasteiger partial charge in [-0.15, -0.1) is 11.6 Å². The van der Waals surface area contributed by atoms with Crippen LogP contribution < -0.4 is 5.32 Å². The Hall–Kier alpha value is -0.240. The van der Waals surface area contributed by atoms with Gasteiger partial charge in [0.2, 0.25) is 5.91 Å². The fraction of sp³-hybridized carbons (Fsp3) is 0.909. The van der Waals surface area contributed by atoms with Crippen molar-refractivity contribution in [3.63, 3.8) is 0 Å². The van der Waals surface area contributed by atoms with Gasteiger partial charge in [0.15, 0.2) is 0 Å². The molecule has 0 rings (SSSR count). The fourth-order valence-electron chi connectivity index (χ4n) is 0.957. The second-order valence-corrected chi connectivity index (χ2v) is 5.40. The van der Waals surface area contributed by atoms with Crippen molar-refractivity contribution >= 4 is 17.5 Å². The van der Waals surface area contributed by atoms with Crippen LogP contribution >= 0.6 is 11.6 Å². The lowest BCUT2D eigenvalue weighted by Gasteiger charge is -2.27. The number of nitrogens with one attached hydrogen (secondary N) is 1. The van der Waals surface area contributed by atoms with E-state index in [2.05, 4.69) is 33.0 Å². The highest BCUT2D eigenvalue weighted by Crippen LogP contribution is 2.27. The molecule has 0 aliphatic rings. The zero-order valence-corrected chi connectivity index (χ0v) is 10.6. The average Bonchev–Trinajstić information content (AvgIpc) is 2.02. The third kappa shape index (κ3) is 5.48. The van der Waals surface area contributed by atoms with Gasteiger partial charge < -0.3 is 5.32 Å². The first kappa shape index (κ1) is 13.8. The SMILES string of the molecule is CC(CCl)NC(=O)CC(C)C(C)(C)C. The van der Waals surface area contributed by atoms with Crippen molar-refractivity contribution in [2.75, 3.05) is 5.88 Å². The van der Waals surface area contributed by atoms with Gasteiger partial charge in [-0.3, -0.25) is 4.79 Å². The van der Waals surface area contributed by atoms with Crippen LogP contribution in [0.3, 0.4) is 0 Å². The van der Waals surface area contributed by atoms with Gasteiger partial charge in [0, 0.05) is 18.3 Å². The summed E-state index contributed by atoms with van der Waals surface area (Å²) in [5, 5.41) is 2.86. The molecule has 84 valence electrons. The second-order valence-electron chi connectivity index (χ2n) is 5.09. The number of halogens is 1. The average molecular weight is 220 g/mol. The van der Waals surface area contributed by atoms with Crippen LogP contribution in [0.5, 0.6) is 0 Å². The van der Waals surface area contributed by atoms with E-state index in [-0.39, 0.29) is 17.4 Å². The molecule has 2 nitrogen and oxygen atoms in total. The molecule has 1 amide bonds. The molecule has 0 aromatic carbocycles. The Bertz CT molecular complexity index is 186. The molecule has 0 saturated carbocycles. The summed E-state index contributed by atoms with van der Waals surface area (Å²) >= 11 is 5.61. The van der Waals surface area contributed by atoms with Gasteiger partial charge in [0.25, 0.3) is 0 Å². The van der Waals surface area contributed by atoms with Gasteiger partial charge in [-0.2, -0.15) is 0 Å². The van der Waals surface area contributed by atoms with Crippen molar-refractivity contribution in [1.29, 1.82) is 0 Å². The lowest BCUT2D eigenvalue weighted by molar-refractivity contribution is -0.123. The molecule has 0 saturated heterocycles. The Labute approximate surface area is 92.4 Å². The molecule has 0 bridgehead atoms. The van der Waals surface area contributed by atoms with Crippen LogP contribution in [0.2, 0.25) is 0 Å². The first-order valence-corrected chi connectivity index (χ1v) is 5.66. The van der Waals surface area contributed by atoms with E-state index in [1.165, 1.54) is 0 Å². The van der Waals surface area contributed by atoms with Crippen molar-refractivity contribution in [2.45, 2.75) is 47.1 Å². The quantitative estimate of drug-likeness (QED) is 0.724. The molecule has 0 aromatic heterocycles. The number of carbonyl (C=O) groups excluding carboxylic acids is 1. The lowest BCUT2D eigenvalue weighted by Crippen LogP contribution is -2.36. The lowest BCUT2D eigenvalue weighted by atomic mass is 9.80. The molecule has 1 N–H and O–H groups in total. The van der Waals surface area contributed by atoms with Gasteiger partial charge in [-0.05, 0) is 18.3 Å². The summed E-state index contributed by atoms with van der Waals surface area (Å²) < 4.78 is 0. The maximum atomic E-state index is 11.5. The predicted octanol–water partition coefficient (Wildman–Crippen LogP) is 2.80. The van der Waals surface area contributed by atoms with E-state index in [4.69, 9.17) is 11.6 Å². The third-order valence-electron chi connectivity index (χ3n) is 2.61. The summed E-state index contributed by atoms with van der Waals surface area (Å²) in [5.41, 5.74) is 0.182. The molecule has 0 fully saturated rings. The first-order chi connectivity index (χ1) is 6.27. The number of hydrogen-bond donors (Lipinski definition) is 1. The highest BCUT2D eigenvalue weighted by atomic mass is 35.5. The molecule has 0 aliphatic carbocycles. The van der Waals surface area contributed by atoms with Gasteiger partial charge in [0.1, 0.15) is 0 Å². The van der Waals surface area contributed by atoms with Crippen molar-refractivity contribution in [3.8, 4) is 0 Å². The molecule has 2 unspecified atom stereocenters. The maximum absolute atomic E-state index is 11.5. The third-order valence-corrected chi connectivity index (χ3v) is 3.07. The standard InChI is InChI=1S/C11H22ClNO/c1-8(11(3,4)5)6-10(14)13-9(2)7-12/h8-9H,6-7H2,1-5H3,(H,13,14). The van der Waals surface area contributed by atoms with E-state index in [1.54, 1.807) is 0 Å². The smallest absolute Gasteiger partial charge is 0.220 e. The van der Waals surface area contributed by atoms with E-state index in [1.807, 2.05) is 6.92 Å². The molecule has 0 aliphatic heterocycles. The van der Waals surface area contributed by atoms with E-state index in [0.717, 1.165) is 0 Å². The van der Waals surface area contributed by atoms with Crippen LogP contribution in [0.1, 0.15) is 41.0 Å². The molecule has 0 spiro atoms. The first-order valence-electron chi connectivity index (χ1n) is 5.12. The summed E-state index contributed by atoms with van der Waals surface area (Å²) in [6.07, 6.45) is 0.574. The topological polar surface area (TPSA) is 29.1 Å². The molecule has 3 heteroatoms. The van der Waals surface area contributed by atoms with Gasteiger partial charge in [-0.25, -0.2) is 0 Å². The summed E-state index contributed by atoms with van der Waals surface area (Å²) in [7, 11) is 0. The Morgan fingerprint density at radius 1 is 1.36 bits per heavy atom. The molecule has 14 heavy (non-hydrogen) atoms. The highest BCUT2D eigenvalue weighted by Gasteiger charge is 2.22. The normalized spacial score (nSPS) is 16.1. The Morgan fingerprint density at radius 3 is 2.21 bits per heavy atom. The van der Waals surface area contributed by atoms with Crippen LogP contribution in [0.25, 0.3) is 0 Å². The van der Waals surface area contributed by atoms with Gasteiger partial charge in [0.05, 0.1) is 0 Å². The second kappa shape index (κ2) is 5.59. The van der Waals surface area contributed by atoms with Crippen LogP contribution in [0, 0.1) is 11.3 Å². The maximum Gasteiger partial charge on any atom is 0.220 e. The number of rotatable bonds is 4. The summed E-state index contributed by atoms with van der Waals surface area (Å²) in [6, 6.07) is 0.0661. The van der Waals surface area contributed by atoms with Crippen molar-refractivity contribution < 1.29 is 4.79 Å². The number of hydrogen-bond acceptors (Lipinski definition) is 1. The number of alkyl halides is 1. The van der Waals surface area contributed by atoms with Gasteiger partial charge >= 0.3 is 0 Å². The molecular weight excluding hydrogens is 198 g/mol. The summed E-state index contributed by atoms with van der Waals surface area (Å²) in [6.45, 7) is 10.5. The molecule has 0 aromatic rings. The number of amides is 1. The van der Waals surface area contributed by atoms with E-state index >= 15 is 0 Å². The minimum absolute atomic E-state index is 0.0661. The zero-order chi connectivity index (χ0) is 11.4. The molecule has 0 radical (unpaired) electrons. The molecular formula is C11H22ClNO. The molecule has 2 atom stereocenters. The Balaban J connectivity index is 3.95. The largest absolute Gasteiger partial charge is 0.352 e. The van der Waals surface area contributed by atoms with E-state index in [0.29, 0.717) is 18.2 Å². The minimum Gasteiger partial charge on any atom is -0.352 e. The van der Waals surface area contributed by atoms with E-state index < -0.39 is 0 Å². The van der Waals surface area contributed by atoms with Crippen molar-refractivity contribution in [1.82, 2.24) is 5.32 Å². The predicted molar refractivity (Wildman–Crippen MR) is 61.6 cm³/mol. The fourth-order valence-corrected chi connectivity index (χ4v) is 1.03. The molecule has 0 heterocycles. The zero-order valence-electron chi connectivity index (χ0n) is 9.86. The summed E-state index contributed by atoms with van der Waals surface area (Å²) in [5.74, 6) is 0.945. The van der Waals surface area contributed by atoms with Crippen LogP contribution in [0.15, 0.2) is 0 Å². The van der Waals surface area contributed by atoms with Crippen LogP contribution in [-0.2, 0) is 4.79 Å². The monoisotopic (exact) mass is 219 g/mol.